The third kappa shape index (κ3) is 4.66. The van der Waals surface area contributed by atoms with E-state index in [1.54, 1.807) is 24.3 Å². The van der Waals surface area contributed by atoms with E-state index in [-0.39, 0.29) is 10.8 Å². The van der Waals surface area contributed by atoms with Gasteiger partial charge < -0.3 is 9.47 Å². The number of aromatic nitrogens is 1. The molecule has 0 saturated heterocycles. The third-order valence-electron chi connectivity index (χ3n) is 3.96. The van der Waals surface area contributed by atoms with Crippen molar-refractivity contribution in [3.05, 3.63) is 42.0 Å². The lowest BCUT2D eigenvalue weighted by atomic mass is 10.2. The van der Waals surface area contributed by atoms with Crippen molar-refractivity contribution in [2.24, 2.45) is 0 Å². The number of hydrogen-bond donors (Lipinski definition) is 2. The first-order valence-electron chi connectivity index (χ1n) is 8.93. The standard InChI is InChI=1S/C19H21N3O5S2/c1-4-26-15-9-6-12(10-16(15)27-5-2)18(23)22-19-21-14-8-7-13(11-17(14)28-19)29(24,25)20-3/h6-11,20H,4-5H2,1-3H3,(H,21,22,23). The maximum Gasteiger partial charge on any atom is 0.257 e. The topological polar surface area (TPSA) is 107 Å². The number of rotatable bonds is 8. The predicted molar refractivity (Wildman–Crippen MR) is 113 cm³/mol. The Hall–Kier alpha value is -2.69. The Labute approximate surface area is 172 Å². The van der Waals surface area contributed by atoms with E-state index in [9.17, 15) is 13.2 Å². The molecule has 0 aliphatic heterocycles. The summed E-state index contributed by atoms with van der Waals surface area (Å²) in [5, 5.41) is 3.12. The lowest BCUT2D eigenvalue weighted by Crippen LogP contribution is -2.18. The molecule has 3 rings (SSSR count). The Bertz CT molecular complexity index is 1140. The fourth-order valence-corrected chi connectivity index (χ4v) is 4.34. The van der Waals surface area contributed by atoms with Crippen molar-refractivity contribution in [1.82, 2.24) is 9.71 Å². The molecule has 2 N–H and O–H groups in total. The minimum Gasteiger partial charge on any atom is -0.490 e. The number of carbonyl (C=O) groups is 1. The highest BCUT2D eigenvalue weighted by Gasteiger charge is 2.16. The van der Waals surface area contributed by atoms with E-state index >= 15 is 0 Å². The van der Waals surface area contributed by atoms with Gasteiger partial charge in [-0.05, 0) is 57.3 Å². The first kappa shape index (κ1) is 21.0. The first-order valence-corrected chi connectivity index (χ1v) is 11.2. The molecule has 29 heavy (non-hydrogen) atoms. The Morgan fingerprint density at radius 2 is 1.79 bits per heavy atom. The summed E-state index contributed by atoms with van der Waals surface area (Å²) < 4.78 is 37.9. The van der Waals surface area contributed by atoms with Crippen molar-refractivity contribution in [3.8, 4) is 11.5 Å². The summed E-state index contributed by atoms with van der Waals surface area (Å²) in [6.45, 7) is 4.66. The fraction of sp³-hybridized carbons (Fsp3) is 0.263. The Kier molecular flexibility index (Phi) is 6.36. The number of nitrogens with one attached hydrogen (secondary N) is 2. The average Bonchev–Trinajstić information content (AvgIpc) is 3.11. The third-order valence-corrected chi connectivity index (χ3v) is 6.31. The van der Waals surface area contributed by atoms with Crippen LogP contribution in [-0.2, 0) is 10.0 Å². The summed E-state index contributed by atoms with van der Waals surface area (Å²) in [4.78, 5) is 17.1. The largest absolute Gasteiger partial charge is 0.490 e. The predicted octanol–water partition coefficient (Wildman–Crippen LogP) is 3.25. The van der Waals surface area contributed by atoms with Crippen LogP contribution < -0.4 is 19.5 Å². The summed E-state index contributed by atoms with van der Waals surface area (Å²) in [5.41, 5.74) is 0.997. The van der Waals surface area contributed by atoms with E-state index in [2.05, 4.69) is 15.0 Å². The number of nitrogens with zero attached hydrogens (tertiary/aromatic N) is 1. The van der Waals surface area contributed by atoms with Crippen LogP contribution in [0.15, 0.2) is 41.3 Å². The second-order valence-corrected chi connectivity index (χ2v) is 8.75. The molecular formula is C19H21N3O5S2. The summed E-state index contributed by atoms with van der Waals surface area (Å²) in [7, 11) is -2.20. The molecule has 1 heterocycles. The van der Waals surface area contributed by atoms with Crippen LogP contribution in [0.1, 0.15) is 24.2 Å². The zero-order valence-corrected chi connectivity index (χ0v) is 17.8. The fourth-order valence-electron chi connectivity index (χ4n) is 2.61. The lowest BCUT2D eigenvalue weighted by molar-refractivity contribution is 0.102. The SMILES string of the molecule is CCOc1ccc(C(=O)Nc2nc3ccc(S(=O)(=O)NC)cc3s2)cc1OCC. The smallest absolute Gasteiger partial charge is 0.257 e. The maximum absolute atomic E-state index is 12.6. The zero-order valence-electron chi connectivity index (χ0n) is 16.2. The molecule has 154 valence electrons. The molecule has 0 radical (unpaired) electrons. The number of anilines is 1. The van der Waals surface area contributed by atoms with E-state index in [0.717, 1.165) is 0 Å². The van der Waals surface area contributed by atoms with Crippen molar-refractivity contribution in [2.45, 2.75) is 18.7 Å². The van der Waals surface area contributed by atoms with E-state index in [1.807, 2.05) is 13.8 Å². The number of sulfonamides is 1. The van der Waals surface area contributed by atoms with Crippen LogP contribution >= 0.6 is 11.3 Å². The molecule has 8 nitrogen and oxygen atoms in total. The van der Waals surface area contributed by atoms with E-state index in [1.165, 1.54) is 30.5 Å². The molecule has 3 aromatic rings. The van der Waals surface area contributed by atoms with Crippen LogP contribution in [0.4, 0.5) is 5.13 Å². The second-order valence-electron chi connectivity index (χ2n) is 5.84. The molecule has 10 heteroatoms. The van der Waals surface area contributed by atoms with Gasteiger partial charge in [0, 0.05) is 5.56 Å². The number of carbonyl (C=O) groups excluding carboxylic acids is 1. The van der Waals surface area contributed by atoms with Gasteiger partial charge in [0.1, 0.15) is 0 Å². The van der Waals surface area contributed by atoms with Gasteiger partial charge in [0.25, 0.3) is 5.91 Å². The van der Waals surface area contributed by atoms with Crippen LogP contribution in [0.5, 0.6) is 11.5 Å². The summed E-state index contributed by atoms with van der Waals surface area (Å²) in [5.74, 6) is 0.716. The number of ether oxygens (including phenoxy) is 2. The van der Waals surface area contributed by atoms with Crippen molar-refractivity contribution in [3.63, 3.8) is 0 Å². The molecule has 2 aromatic carbocycles. The van der Waals surface area contributed by atoms with E-state index < -0.39 is 10.0 Å². The van der Waals surface area contributed by atoms with Crippen LogP contribution in [-0.4, -0.2) is 39.6 Å². The van der Waals surface area contributed by atoms with Crippen molar-refractivity contribution in [2.75, 3.05) is 25.6 Å². The Balaban J connectivity index is 1.85. The van der Waals surface area contributed by atoms with Gasteiger partial charge in [0.2, 0.25) is 10.0 Å². The number of amides is 1. The molecule has 0 aliphatic rings. The Morgan fingerprint density at radius 3 is 2.48 bits per heavy atom. The van der Waals surface area contributed by atoms with Crippen molar-refractivity contribution >= 4 is 42.6 Å². The maximum atomic E-state index is 12.6. The van der Waals surface area contributed by atoms with Crippen molar-refractivity contribution in [1.29, 1.82) is 0 Å². The average molecular weight is 436 g/mol. The lowest BCUT2D eigenvalue weighted by Gasteiger charge is -2.12. The number of benzene rings is 2. The summed E-state index contributed by atoms with van der Waals surface area (Å²) in [6, 6.07) is 9.56. The molecule has 0 saturated carbocycles. The Morgan fingerprint density at radius 1 is 1.07 bits per heavy atom. The van der Waals surface area contributed by atoms with Gasteiger partial charge in [-0.2, -0.15) is 0 Å². The second kappa shape index (κ2) is 8.76. The molecule has 0 atom stereocenters. The van der Waals surface area contributed by atoms with Gasteiger partial charge in [0.15, 0.2) is 16.6 Å². The quantitative estimate of drug-likeness (QED) is 0.563. The van der Waals surface area contributed by atoms with Crippen molar-refractivity contribution < 1.29 is 22.7 Å². The van der Waals surface area contributed by atoms with Crippen LogP contribution in [0.3, 0.4) is 0 Å². The molecular weight excluding hydrogens is 414 g/mol. The highest BCUT2D eigenvalue weighted by molar-refractivity contribution is 7.89. The van der Waals surface area contributed by atoms with Gasteiger partial charge in [-0.15, -0.1) is 0 Å². The summed E-state index contributed by atoms with van der Waals surface area (Å²) >= 11 is 1.20. The molecule has 0 unspecified atom stereocenters. The zero-order chi connectivity index (χ0) is 21.0. The molecule has 1 amide bonds. The highest BCUT2D eigenvalue weighted by Crippen LogP contribution is 2.31. The summed E-state index contributed by atoms with van der Waals surface area (Å²) in [6.07, 6.45) is 0. The van der Waals surface area contributed by atoms with Gasteiger partial charge in [-0.3, -0.25) is 10.1 Å². The van der Waals surface area contributed by atoms with E-state index in [4.69, 9.17) is 9.47 Å². The van der Waals surface area contributed by atoms with Crippen LogP contribution in [0.2, 0.25) is 0 Å². The van der Waals surface area contributed by atoms with Gasteiger partial charge in [-0.1, -0.05) is 11.3 Å². The normalized spacial score (nSPS) is 11.4. The molecule has 0 bridgehead atoms. The van der Waals surface area contributed by atoms with Crippen LogP contribution in [0, 0.1) is 0 Å². The molecule has 0 fully saturated rings. The monoisotopic (exact) mass is 435 g/mol. The number of fused-ring (bicyclic) bond motifs is 1. The minimum atomic E-state index is -3.55. The molecule has 1 aromatic heterocycles. The van der Waals surface area contributed by atoms with Gasteiger partial charge in [-0.25, -0.2) is 18.1 Å². The van der Waals surface area contributed by atoms with E-state index in [0.29, 0.717) is 45.6 Å². The minimum absolute atomic E-state index is 0.141. The molecule has 0 aliphatic carbocycles. The molecule has 0 spiro atoms. The van der Waals surface area contributed by atoms with Gasteiger partial charge in [0.05, 0.1) is 28.3 Å². The van der Waals surface area contributed by atoms with Gasteiger partial charge >= 0.3 is 0 Å². The number of thiazole rings is 1. The van der Waals surface area contributed by atoms with Crippen LogP contribution in [0.25, 0.3) is 10.2 Å². The first-order chi connectivity index (χ1) is 13.9. The number of hydrogen-bond acceptors (Lipinski definition) is 7. The highest BCUT2D eigenvalue weighted by atomic mass is 32.2.